The van der Waals surface area contributed by atoms with Crippen LogP contribution in [-0.4, -0.2) is 0 Å². The molecule has 2 aromatic carbocycles. The average Bonchev–Trinajstić information content (AvgIpc) is 2.55. The summed E-state index contributed by atoms with van der Waals surface area (Å²) >= 11 is 0. The van der Waals surface area contributed by atoms with E-state index >= 15 is 0 Å². The number of allylic oxidation sites excluding steroid dienone is 1. The molecule has 0 saturated heterocycles. The zero-order valence-corrected chi connectivity index (χ0v) is 13.3. The van der Waals surface area contributed by atoms with Crippen molar-refractivity contribution in [2.45, 2.75) is 33.1 Å². The SMILES string of the molecule is C=C(CCCC)c1ccccc1.C=Cc1ccc(C)cc1. The summed E-state index contributed by atoms with van der Waals surface area (Å²) in [6.45, 7) is 12.0. The Kier molecular flexibility index (Phi) is 7.89. The third-order valence-electron chi connectivity index (χ3n) is 3.33. The maximum absolute atomic E-state index is 4.06. The highest BCUT2D eigenvalue weighted by molar-refractivity contribution is 5.62. The third-order valence-corrected chi connectivity index (χ3v) is 3.33. The molecular formula is C21H26. The molecule has 0 radical (unpaired) electrons. The molecule has 0 aliphatic rings. The van der Waals surface area contributed by atoms with E-state index in [4.69, 9.17) is 0 Å². The average molecular weight is 278 g/mol. The molecule has 0 nitrogen and oxygen atoms in total. The van der Waals surface area contributed by atoms with Gasteiger partial charge >= 0.3 is 0 Å². The number of aryl methyl sites for hydroxylation is 1. The minimum absolute atomic E-state index is 1.13. The Morgan fingerprint density at radius 2 is 1.62 bits per heavy atom. The van der Waals surface area contributed by atoms with Gasteiger partial charge in [-0.2, -0.15) is 0 Å². The van der Waals surface area contributed by atoms with E-state index < -0.39 is 0 Å². The van der Waals surface area contributed by atoms with E-state index in [9.17, 15) is 0 Å². The first-order valence-corrected chi connectivity index (χ1v) is 7.59. The van der Waals surface area contributed by atoms with Gasteiger partial charge in [0.2, 0.25) is 0 Å². The number of benzene rings is 2. The van der Waals surface area contributed by atoms with Crippen LogP contribution in [-0.2, 0) is 0 Å². The first-order valence-electron chi connectivity index (χ1n) is 7.59. The van der Waals surface area contributed by atoms with E-state index in [-0.39, 0.29) is 0 Å². The van der Waals surface area contributed by atoms with Gasteiger partial charge in [0.05, 0.1) is 0 Å². The van der Waals surface area contributed by atoms with Gasteiger partial charge in [-0.05, 0) is 36.5 Å². The highest BCUT2D eigenvalue weighted by Crippen LogP contribution is 2.17. The van der Waals surface area contributed by atoms with Crippen molar-refractivity contribution in [2.75, 3.05) is 0 Å². The van der Waals surface area contributed by atoms with Gasteiger partial charge in [0.1, 0.15) is 0 Å². The molecule has 110 valence electrons. The largest absolute Gasteiger partial charge is 0.0985 e. The number of hydrogen-bond acceptors (Lipinski definition) is 0. The molecule has 2 rings (SSSR count). The fourth-order valence-electron chi connectivity index (χ4n) is 1.91. The van der Waals surface area contributed by atoms with Crippen molar-refractivity contribution >= 4 is 11.6 Å². The van der Waals surface area contributed by atoms with Crippen molar-refractivity contribution in [1.29, 1.82) is 0 Å². The van der Waals surface area contributed by atoms with Crippen molar-refractivity contribution in [3.8, 4) is 0 Å². The zero-order valence-electron chi connectivity index (χ0n) is 13.3. The summed E-state index contributed by atoms with van der Waals surface area (Å²) < 4.78 is 0. The predicted molar refractivity (Wildman–Crippen MR) is 96.3 cm³/mol. The minimum atomic E-state index is 1.13. The van der Waals surface area contributed by atoms with Crippen molar-refractivity contribution in [1.82, 2.24) is 0 Å². The normalized spacial score (nSPS) is 9.43. The third kappa shape index (κ3) is 6.76. The Labute approximate surface area is 129 Å². The first kappa shape index (κ1) is 17.0. The molecule has 0 fully saturated rings. The summed E-state index contributed by atoms with van der Waals surface area (Å²) in [6, 6.07) is 18.7. The van der Waals surface area contributed by atoms with Gasteiger partial charge in [-0.25, -0.2) is 0 Å². The summed E-state index contributed by atoms with van der Waals surface area (Å²) in [5.74, 6) is 0. The van der Waals surface area contributed by atoms with Crippen LogP contribution in [0.5, 0.6) is 0 Å². The minimum Gasteiger partial charge on any atom is -0.0985 e. The molecule has 21 heavy (non-hydrogen) atoms. The summed E-state index contributed by atoms with van der Waals surface area (Å²) in [5, 5.41) is 0. The quantitative estimate of drug-likeness (QED) is 0.583. The van der Waals surface area contributed by atoms with Crippen LogP contribution in [0.25, 0.3) is 11.6 Å². The van der Waals surface area contributed by atoms with Gasteiger partial charge in [-0.15, -0.1) is 0 Å². The molecule has 0 atom stereocenters. The number of rotatable bonds is 5. The summed E-state index contributed by atoms with van der Waals surface area (Å²) in [5.41, 5.74) is 5.02. The van der Waals surface area contributed by atoms with E-state index in [1.165, 1.54) is 35.1 Å². The monoisotopic (exact) mass is 278 g/mol. The zero-order chi connectivity index (χ0) is 15.5. The van der Waals surface area contributed by atoms with Gasteiger partial charge in [0.15, 0.2) is 0 Å². The maximum Gasteiger partial charge on any atom is -0.0230 e. The molecule has 0 bridgehead atoms. The van der Waals surface area contributed by atoms with Crippen LogP contribution >= 0.6 is 0 Å². The van der Waals surface area contributed by atoms with Gasteiger partial charge in [-0.1, -0.05) is 92.7 Å². The molecule has 0 aliphatic carbocycles. The van der Waals surface area contributed by atoms with Crippen LogP contribution in [0.3, 0.4) is 0 Å². The lowest BCUT2D eigenvalue weighted by atomic mass is 10.0. The predicted octanol–water partition coefficient (Wildman–Crippen LogP) is 6.53. The summed E-state index contributed by atoms with van der Waals surface area (Å²) in [7, 11) is 0. The highest BCUT2D eigenvalue weighted by atomic mass is 14.0. The van der Waals surface area contributed by atoms with E-state index in [0.29, 0.717) is 0 Å². The van der Waals surface area contributed by atoms with Crippen molar-refractivity contribution < 1.29 is 0 Å². The lowest BCUT2D eigenvalue weighted by molar-refractivity contribution is 0.825. The molecule has 0 spiro atoms. The van der Waals surface area contributed by atoms with Gasteiger partial charge in [0.25, 0.3) is 0 Å². The maximum atomic E-state index is 4.06. The topological polar surface area (TPSA) is 0 Å². The highest BCUT2D eigenvalue weighted by Gasteiger charge is 1.95. The molecular weight excluding hydrogens is 252 g/mol. The molecule has 0 saturated carbocycles. The standard InChI is InChI=1S/C12H16.C9H10/c1-3-4-8-11(2)12-9-6-5-7-10-12;1-3-9-6-4-8(2)5-7-9/h5-7,9-10H,2-4,8H2,1H3;3-7H,1H2,2H3. The lowest BCUT2D eigenvalue weighted by Gasteiger charge is -2.03. The Morgan fingerprint density at radius 1 is 1.00 bits per heavy atom. The second kappa shape index (κ2) is 9.77. The Balaban J connectivity index is 0.000000219. The van der Waals surface area contributed by atoms with E-state index in [2.05, 4.69) is 75.5 Å². The molecule has 0 aromatic heterocycles. The van der Waals surface area contributed by atoms with E-state index in [1.54, 1.807) is 0 Å². The van der Waals surface area contributed by atoms with Crippen LogP contribution in [0.4, 0.5) is 0 Å². The van der Waals surface area contributed by atoms with Crippen LogP contribution in [0, 0.1) is 6.92 Å². The fraction of sp³-hybridized carbons (Fsp3) is 0.238. The van der Waals surface area contributed by atoms with Crippen LogP contribution in [0.2, 0.25) is 0 Å². The Morgan fingerprint density at radius 3 is 2.14 bits per heavy atom. The van der Waals surface area contributed by atoms with Crippen LogP contribution < -0.4 is 0 Å². The lowest BCUT2D eigenvalue weighted by Crippen LogP contribution is -1.81. The molecule has 0 heterocycles. The molecule has 0 N–H and O–H groups in total. The second-order valence-corrected chi connectivity index (χ2v) is 5.19. The molecule has 0 unspecified atom stereocenters. The Bertz CT molecular complexity index is 532. The molecule has 0 amide bonds. The van der Waals surface area contributed by atoms with Crippen molar-refractivity contribution in [3.05, 3.63) is 84.4 Å². The van der Waals surface area contributed by atoms with Gasteiger partial charge in [0, 0.05) is 0 Å². The van der Waals surface area contributed by atoms with Gasteiger partial charge in [-0.3, -0.25) is 0 Å². The molecule has 0 heteroatoms. The molecule has 0 aliphatic heterocycles. The van der Waals surface area contributed by atoms with E-state index in [0.717, 1.165) is 6.42 Å². The number of unbranched alkanes of at least 4 members (excludes halogenated alkanes) is 1. The number of hydrogen-bond donors (Lipinski definition) is 0. The van der Waals surface area contributed by atoms with Crippen molar-refractivity contribution in [3.63, 3.8) is 0 Å². The van der Waals surface area contributed by atoms with Gasteiger partial charge < -0.3 is 0 Å². The second-order valence-electron chi connectivity index (χ2n) is 5.19. The summed E-state index contributed by atoms with van der Waals surface area (Å²) in [4.78, 5) is 0. The van der Waals surface area contributed by atoms with Crippen molar-refractivity contribution in [2.24, 2.45) is 0 Å². The Hall–Kier alpha value is -2.08. The fourth-order valence-corrected chi connectivity index (χ4v) is 1.91. The molecule has 2 aromatic rings. The van der Waals surface area contributed by atoms with Crippen LogP contribution in [0.1, 0.15) is 42.9 Å². The van der Waals surface area contributed by atoms with Crippen LogP contribution in [0.15, 0.2) is 67.8 Å². The summed E-state index contributed by atoms with van der Waals surface area (Å²) in [6.07, 6.45) is 5.46. The first-order chi connectivity index (χ1) is 10.2. The van der Waals surface area contributed by atoms with E-state index in [1.807, 2.05) is 12.1 Å². The smallest absolute Gasteiger partial charge is 0.0230 e.